The molecule has 5 nitrogen and oxygen atoms in total. The number of rotatable bonds is 8. The minimum Gasteiger partial charge on any atom is -0.484 e. The standard InChI is InChI=1S/C15H18N2O3/c1-12(2)10-19-8-7-17-15(18)11-20-14-5-3-13(9-16)4-6-14/h3-6H,1,7-8,10-11H2,2H3,(H,17,18). The van der Waals surface area contributed by atoms with Crippen molar-refractivity contribution < 1.29 is 14.3 Å². The highest BCUT2D eigenvalue weighted by atomic mass is 16.5. The Morgan fingerprint density at radius 2 is 2.05 bits per heavy atom. The van der Waals surface area contributed by atoms with E-state index in [2.05, 4.69) is 11.9 Å². The van der Waals surface area contributed by atoms with Gasteiger partial charge in [0.05, 0.1) is 24.8 Å². The third-order valence-corrected chi connectivity index (χ3v) is 2.27. The molecule has 0 aliphatic heterocycles. The molecule has 0 spiro atoms. The number of amides is 1. The van der Waals surface area contributed by atoms with Crippen LogP contribution in [0.2, 0.25) is 0 Å². The van der Waals surface area contributed by atoms with E-state index in [1.165, 1.54) is 0 Å². The van der Waals surface area contributed by atoms with E-state index >= 15 is 0 Å². The van der Waals surface area contributed by atoms with Crippen LogP contribution in [0.5, 0.6) is 5.75 Å². The summed E-state index contributed by atoms with van der Waals surface area (Å²) in [5.74, 6) is 0.339. The predicted octanol–water partition coefficient (Wildman–Crippen LogP) is 1.65. The largest absolute Gasteiger partial charge is 0.484 e. The fourth-order valence-corrected chi connectivity index (χ4v) is 1.33. The highest BCUT2D eigenvalue weighted by Crippen LogP contribution is 2.10. The van der Waals surface area contributed by atoms with E-state index in [4.69, 9.17) is 14.7 Å². The minimum atomic E-state index is -0.215. The fraction of sp³-hybridized carbons (Fsp3) is 0.333. The van der Waals surface area contributed by atoms with E-state index in [1.807, 2.05) is 13.0 Å². The molecule has 0 atom stereocenters. The zero-order valence-electron chi connectivity index (χ0n) is 11.5. The average molecular weight is 274 g/mol. The third kappa shape index (κ3) is 6.57. The van der Waals surface area contributed by atoms with Crippen molar-refractivity contribution in [1.29, 1.82) is 5.26 Å². The van der Waals surface area contributed by atoms with Crippen molar-refractivity contribution in [2.24, 2.45) is 0 Å². The Hall–Kier alpha value is -2.32. The van der Waals surface area contributed by atoms with Crippen LogP contribution < -0.4 is 10.1 Å². The first-order valence-corrected chi connectivity index (χ1v) is 6.23. The Balaban J connectivity index is 2.16. The van der Waals surface area contributed by atoms with Crippen LogP contribution in [-0.2, 0) is 9.53 Å². The number of carbonyl (C=O) groups is 1. The maximum atomic E-state index is 11.5. The first-order valence-electron chi connectivity index (χ1n) is 6.23. The monoisotopic (exact) mass is 274 g/mol. The van der Waals surface area contributed by atoms with Crippen LogP contribution in [0, 0.1) is 11.3 Å². The van der Waals surface area contributed by atoms with Gasteiger partial charge in [-0.3, -0.25) is 4.79 Å². The predicted molar refractivity (Wildman–Crippen MR) is 75.3 cm³/mol. The molecule has 1 aromatic carbocycles. The van der Waals surface area contributed by atoms with E-state index in [9.17, 15) is 4.79 Å². The summed E-state index contributed by atoms with van der Waals surface area (Å²) < 4.78 is 10.5. The lowest BCUT2D eigenvalue weighted by Crippen LogP contribution is -2.31. The van der Waals surface area contributed by atoms with Crippen molar-refractivity contribution in [3.05, 3.63) is 42.0 Å². The number of ether oxygens (including phenoxy) is 2. The van der Waals surface area contributed by atoms with Gasteiger partial charge in [-0.15, -0.1) is 0 Å². The van der Waals surface area contributed by atoms with Crippen LogP contribution in [0.25, 0.3) is 0 Å². The van der Waals surface area contributed by atoms with Gasteiger partial charge in [-0.25, -0.2) is 0 Å². The highest BCUT2D eigenvalue weighted by molar-refractivity contribution is 5.77. The summed E-state index contributed by atoms with van der Waals surface area (Å²) in [6.07, 6.45) is 0. The van der Waals surface area contributed by atoms with Crippen molar-refractivity contribution in [2.75, 3.05) is 26.4 Å². The van der Waals surface area contributed by atoms with Crippen LogP contribution in [0.4, 0.5) is 0 Å². The quantitative estimate of drug-likeness (QED) is 0.578. The Bertz CT molecular complexity index is 489. The lowest BCUT2D eigenvalue weighted by atomic mass is 10.2. The summed E-state index contributed by atoms with van der Waals surface area (Å²) >= 11 is 0. The molecular weight excluding hydrogens is 256 g/mol. The number of nitrogens with one attached hydrogen (secondary N) is 1. The summed E-state index contributed by atoms with van der Waals surface area (Å²) in [6.45, 7) is 6.90. The molecule has 0 aliphatic rings. The van der Waals surface area contributed by atoms with Gasteiger partial charge < -0.3 is 14.8 Å². The van der Waals surface area contributed by atoms with E-state index in [-0.39, 0.29) is 12.5 Å². The fourth-order valence-electron chi connectivity index (χ4n) is 1.33. The van der Waals surface area contributed by atoms with Gasteiger partial charge in [0.2, 0.25) is 0 Å². The number of benzene rings is 1. The molecule has 1 rings (SSSR count). The Morgan fingerprint density at radius 1 is 1.35 bits per heavy atom. The molecule has 106 valence electrons. The molecule has 0 aromatic heterocycles. The second-order valence-electron chi connectivity index (χ2n) is 4.28. The van der Waals surface area contributed by atoms with Gasteiger partial charge in [0.25, 0.3) is 5.91 Å². The molecule has 0 unspecified atom stereocenters. The van der Waals surface area contributed by atoms with E-state index < -0.39 is 0 Å². The summed E-state index contributed by atoms with van der Waals surface area (Å²) in [5.41, 5.74) is 1.50. The van der Waals surface area contributed by atoms with Gasteiger partial charge >= 0.3 is 0 Å². The van der Waals surface area contributed by atoms with Crippen molar-refractivity contribution in [2.45, 2.75) is 6.92 Å². The van der Waals surface area contributed by atoms with Crippen LogP contribution in [-0.4, -0.2) is 32.3 Å². The summed E-state index contributed by atoms with van der Waals surface area (Å²) in [7, 11) is 0. The molecule has 0 saturated heterocycles. The van der Waals surface area contributed by atoms with Gasteiger partial charge in [-0.1, -0.05) is 12.2 Å². The first-order chi connectivity index (χ1) is 9.61. The van der Waals surface area contributed by atoms with Crippen molar-refractivity contribution >= 4 is 5.91 Å². The lowest BCUT2D eigenvalue weighted by Gasteiger charge is -2.08. The number of hydrogen-bond donors (Lipinski definition) is 1. The summed E-state index contributed by atoms with van der Waals surface area (Å²) in [6, 6.07) is 8.60. The zero-order chi connectivity index (χ0) is 14.8. The number of nitrogens with zero attached hydrogens (tertiary/aromatic N) is 1. The highest BCUT2D eigenvalue weighted by Gasteiger charge is 2.02. The van der Waals surface area contributed by atoms with E-state index in [0.29, 0.717) is 31.1 Å². The maximum absolute atomic E-state index is 11.5. The zero-order valence-corrected chi connectivity index (χ0v) is 11.5. The van der Waals surface area contributed by atoms with Crippen LogP contribution in [0.3, 0.4) is 0 Å². The van der Waals surface area contributed by atoms with E-state index in [1.54, 1.807) is 24.3 Å². The molecule has 0 saturated carbocycles. The topological polar surface area (TPSA) is 71.3 Å². The maximum Gasteiger partial charge on any atom is 0.258 e. The van der Waals surface area contributed by atoms with Crippen LogP contribution in [0.1, 0.15) is 12.5 Å². The van der Waals surface area contributed by atoms with Gasteiger partial charge in [0.1, 0.15) is 5.75 Å². The van der Waals surface area contributed by atoms with Crippen molar-refractivity contribution in [1.82, 2.24) is 5.32 Å². The number of carbonyl (C=O) groups excluding carboxylic acids is 1. The second-order valence-corrected chi connectivity index (χ2v) is 4.28. The molecule has 20 heavy (non-hydrogen) atoms. The Morgan fingerprint density at radius 3 is 2.65 bits per heavy atom. The smallest absolute Gasteiger partial charge is 0.258 e. The molecule has 1 amide bonds. The summed E-state index contributed by atoms with van der Waals surface area (Å²) in [4.78, 5) is 11.5. The molecule has 1 N–H and O–H groups in total. The number of nitriles is 1. The molecular formula is C15H18N2O3. The van der Waals surface area contributed by atoms with Gasteiger partial charge in [0, 0.05) is 6.54 Å². The van der Waals surface area contributed by atoms with Crippen molar-refractivity contribution in [3.63, 3.8) is 0 Å². The third-order valence-electron chi connectivity index (χ3n) is 2.27. The lowest BCUT2D eigenvalue weighted by molar-refractivity contribution is -0.123. The second kappa shape index (κ2) is 8.73. The Kier molecular flexibility index (Phi) is 6.87. The van der Waals surface area contributed by atoms with E-state index in [0.717, 1.165) is 5.57 Å². The van der Waals surface area contributed by atoms with Crippen LogP contribution >= 0.6 is 0 Å². The van der Waals surface area contributed by atoms with Crippen LogP contribution in [0.15, 0.2) is 36.4 Å². The van der Waals surface area contributed by atoms with Crippen molar-refractivity contribution in [3.8, 4) is 11.8 Å². The molecule has 0 radical (unpaired) electrons. The Labute approximate surface area is 118 Å². The molecule has 0 bridgehead atoms. The normalized spacial score (nSPS) is 9.60. The molecule has 0 fully saturated rings. The summed E-state index contributed by atoms with van der Waals surface area (Å²) in [5, 5.41) is 11.3. The minimum absolute atomic E-state index is 0.0631. The molecule has 0 heterocycles. The SMILES string of the molecule is C=C(C)COCCNC(=O)COc1ccc(C#N)cc1. The molecule has 1 aromatic rings. The van der Waals surface area contributed by atoms with Gasteiger partial charge in [0.15, 0.2) is 6.61 Å². The number of hydrogen-bond acceptors (Lipinski definition) is 4. The van der Waals surface area contributed by atoms with Gasteiger partial charge in [-0.05, 0) is 31.2 Å². The molecule has 5 heteroatoms. The molecule has 0 aliphatic carbocycles. The van der Waals surface area contributed by atoms with Gasteiger partial charge in [-0.2, -0.15) is 5.26 Å². The average Bonchev–Trinajstić information content (AvgIpc) is 2.45. The first kappa shape index (κ1) is 15.7.